The molecule has 7 heteroatoms. The average molecular weight is 361 g/mol. The highest BCUT2D eigenvalue weighted by Crippen LogP contribution is 2.35. The lowest BCUT2D eigenvalue weighted by atomic mass is 9.88. The van der Waals surface area contributed by atoms with Crippen molar-refractivity contribution >= 4 is 28.2 Å². The second-order valence-corrected chi connectivity index (χ2v) is 7.33. The van der Waals surface area contributed by atoms with Gasteiger partial charge in [-0.1, -0.05) is 6.08 Å². The molecule has 3 N–H and O–H groups in total. The molecule has 0 saturated carbocycles. The van der Waals surface area contributed by atoms with Crippen molar-refractivity contribution in [3.8, 4) is 0 Å². The number of H-pyrrole nitrogens is 1. The molecule has 1 atom stereocenters. The summed E-state index contributed by atoms with van der Waals surface area (Å²) in [6.07, 6.45) is 11.2. The summed E-state index contributed by atoms with van der Waals surface area (Å²) in [6, 6.07) is 4.07. The van der Waals surface area contributed by atoms with Crippen molar-refractivity contribution in [1.29, 1.82) is 0 Å². The van der Waals surface area contributed by atoms with E-state index in [4.69, 9.17) is 15.7 Å². The second kappa shape index (κ2) is 6.74. The first-order valence-electron chi connectivity index (χ1n) is 9.65. The molecule has 0 aromatic carbocycles. The highest BCUT2D eigenvalue weighted by atomic mass is 15.3. The Balaban J connectivity index is 1.50. The number of nitrogens with two attached hydrogens (primary N) is 1. The number of allylic oxidation sites excluding steroid dienone is 2. The molecule has 1 aliphatic heterocycles. The van der Waals surface area contributed by atoms with E-state index in [9.17, 15) is 0 Å². The van der Waals surface area contributed by atoms with Gasteiger partial charge in [-0.25, -0.2) is 9.97 Å². The average Bonchev–Trinajstić information content (AvgIpc) is 3.16. The number of aromatic amines is 1. The Morgan fingerprint density at radius 2 is 2.22 bits per heavy atom. The van der Waals surface area contributed by atoms with Crippen molar-refractivity contribution in [2.45, 2.75) is 32.1 Å². The normalized spacial score (nSPS) is 19.8. The van der Waals surface area contributed by atoms with Gasteiger partial charge >= 0.3 is 0 Å². The van der Waals surface area contributed by atoms with E-state index < -0.39 is 0 Å². The van der Waals surface area contributed by atoms with Crippen molar-refractivity contribution in [3.63, 3.8) is 0 Å². The molecule has 5 rings (SSSR count). The van der Waals surface area contributed by atoms with Crippen LogP contribution in [-0.4, -0.2) is 38.2 Å². The van der Waals surface area contributed by atoms with Crippen LogP contribution in [0.3, 0.4) is 0 Å². The number of anilines is 2. The molecule has 27 heavy (non-hydrogen) atoms. The van der Waals surface area contributed by atoms with Gasteiger partial charge in [-0.05, 0) is 62.3 Å². The SMILES string of the molecule is NC[C@H]1CC=C(c2cnc3c(N4CCCc5ncccc54)n[nH]c3n2)CC1. The van der Waals surface area contributed by atoms with E-state index in [1.807, 2.05) is 18.5 Å². The molecule has 0 fully saturated rings. The Labute approximate surface area is 157 Å². The van der Waals surface area contributed by atoms with Crippen molar-refractivity contribution in [3.05, 3.63) is 42.0 Å². The summed E-state index contributed by atoms with van der Waals surface area (Å²) in [5.74, 6) is 1.43. The second-order valence-electron chi connectivity index (χ2n) is 7.33. The zero-order valence-electron chi connectivity index (χ0n) is 15.2. The van der Waals surface area contributed by atoms with Crippen LogP contribution in [0, 0.1) is 5.92 Å². The molecular formula is C20H23N7. The van der Waals surface area contributed by atoms with Gasteiger partial charge in [-0.2, -0.15) is 5.10 Å². The summed E-state index contributed by atoms with van der Waals surface area (Å²) < 4.78 is 0. The van der Waals surface area contributed by atoms with E-state index in [0.717, 1.165) is 79.3 Å². The van der Waals surface area contributed by atoms with Crippen LogP contribution in [0.15, 0.2) is 30.6 Å². The standard InChI is InChI=1S/C20H23N7/c21-11-13-5-7-14(8-6-13)16-12-23-18-19(24-16)25-26-20(18)27-10-2-3-15-17(27)4-1-9-22-15/h1,4,7,9,12-13H,2-3,5-6,8,10-11,21H2,(H,24,25,26)/t13-/m0/s1. The first-order chi connectivity index (χ1) is 13.3. The predicted octanol–water partition coefficient (Wildman–Crippen LogP) is 2.97. The van der Waals surface area contributed by atoms with Crippen LogP contribution < -0.4 is 10.6 Å². The van der Waals surface area contributed by atoms with E-state index in [-0.39, 0.29) is 0 Å². The Kier molecular flexibility index (Phi) is 4.09. The third kappa shape index (κ3) is 2.88. The van der Waals surface area contributed by atoms with E-state index >= 15 is 0 Å². The Hall–Kier alpha value is -2.80. The molecule has 0 unspecified atom stereocenters. The molecule has 3 aromatic rings. The minimum absolute atomic E-state index is 0.594. The van der Waals surface area contributed by atoms with E-state index in [1.54, 1.807) is 0 Å². The number of pyridine rings is 1. The van der Waals surface area contributed by atoms with Gasteiger partial charge in [0.15, 0.2) is 17.0 Å². The van der Waals surface area contributed by atoms with Crippen LogP contribution in [0.25, 0.3) is 16.7 Å². The summed E-state index contributed by atoms with van der Waals surface area (Å²) in [4.78, 5) is 16.2. The maximum atomic E-state index is 5.79. The Morgan fingerprint density at radius 3 is 3.07 bits per heavy atom. The third-order valence-corrected chi connectivity index (χ3v) is 5.64. The van der Waals surface area contributed by atoms with Crippen molar-refractivity contribution in [2.24, 2.45) is 11.7 Å². The number of nitrogens with zero attached hydrogens (tertiary/aromatic N) is 5. The van der Waals surface area contributed by atoms with Crippen molar-refractivity contribution in [1.82, 2.24) is 25.1 Å². The number of rotatable bonds is 3. The van der Waals surface area contributed by atoms with Gasteiger partial charge in [0.2, 0.25) is 0 Å². The number of nitrogens with one attached hydrogen (secondary N) is 1. The first-order valence-corrected chi connectivity index (χ1v) is 9.65. The molecule has 7 nitrogen and oxygen atoms in total. The third-order valence-electron chi connectivity index (χ3n) is 5.64. The number of hydrogen-bond donors (Lipinski definition) is 2. The van der Waals surface area contributed by atoms with Gasteiger partial charge in [0.25, 0.3) is 0 Å². The zero-order chi connectivity index (χ0) is 18.2. The van der Waals surface area contributed by atoms with Crippen LogP contribution in [0.4, 0.5) is 11.5 Å². The molecule has 4 heterocycles. The number of aromatic nitrogens is 5. The number of fused-ring (bicyclic) bond motifs is 2. The predicted molar refractivity (Wildman–Crippen MR) is 106 cm³/mol. The van der Waals surface area contributed by atoms with Crippen molar-refractivity contribution < 1.29 is 0 Å². The van der Waals surface area contributed by atoms with Crippen LogP contribution in [0.5, 0.6) is 0 Å². The minimum Gasteiger partial charge on any atom is -0.330 e. The lowest BCUT2D eigenvalue weighted by Crippen LogP contribution is -2.25. The van der Waals surface area contributed by atoms with E-state index in [2.05, 4.69) is 32.2 Å². The largest absolute Gasteiger partial charge is 0.330 e. The summed E-state index contributed by atoms with van der Waals surface area (Å²) >= 11 is 0. The first kappa shape index (κ1) is 16.4. The summed E-state index contributed by atoms with van der Waals surface area (Å²) in [7, 11) is 0. The van der Waals surface area contributed by atoms with Gasteiger partial charge in [-0.3, -0.25) is 10.1 Å². The number of aryl methyl sites for hydroxylation is 1. The summed E-state index contributed by atoms with van der Waals surface area (Å²) in [5, 5.41) is 7.62. The summed E-state index contributed by atoms with van der Waals surface area (Å²) in [5.41, 5.74) is 11.8. The Bertz CT molecular complexity index is 1010. The maximum absolute atomic E-state index is 5.79. The van der Waals surface area contributed by atoms with Gasteiger partial charge < -0.3 is 10.6 Å². The molecule has 138 valence electrons. The summed E-state index contributed by atoms with van der Waals surface area (Å²) in [6.45, 7) is 1.66. The molecule has 0 radical (unpaired) electrons. The molecule has 0 amide bonds. The fourth-order valence-corrected chi connectivity index (χ4v) is 4.08. The molecular weight excluding hydrogens is 338 g/mol. The molecule has 0 bridgehead atoms. The van der Waals surface area contributed by atoms with Gasteiger partial charge in [0.1, 0.15) is 0 Å². The fourth-order valence-electron chi connectivity index (χ4n) is 4.08. The smallest absolute Gasteiger partial charge is 0.183 e. The lowest BCUT2D eigenvalue weighted by Gasteiger charge is -2.28. The zero-order valence-corrected chi connectivity index (χ0v) is 15.2. The van der Waals surface area contributed by atoms with Crippen LogP contribution >= 0.6 is 0 Å². The number of hydrogen-bond acceptors (Lipinski definition) is 6. The molecule has 0 spiro atoms. The van der Waals surface area contributed by atoms with Gasteiger partial charge in [0.05, 0.1) is 23.3 Å². The fraction of sp³-hybridized carbons (Fsp3) is 0.400. The minimum atomic E-state index is 0.594. The molecule has 0 saturated heterocycles. The van der Waals surface area contributed by atoms with Crippen LogP contribution in [0.2, 0.25) is 0 Å². The van der Waals surface area contributed by atoms with Crippen LogP contribution in [-0.2, 0) is 6.42 Å². The van der Waals surface area contributed by atoms with Crippen molar-refractivity contribution in [2.75, 3.05) is 18.0 Å². The highest BCUT2D eigenvalue weighted by molar-refractivity contribution is 5.87. The highest BCUT2D eigenvalue weighted by Gasteiger charge is 2.24. The molecule has 3 aromatic heterocycles. The van der Waals surface area contributed by atoms with Gasteiger partial charge in [-0.15, -0.1) is 0 Å². The maximum Gasteiger partial charge on any atom is 0.183 e. The molecule has 1 aliphatic carbocycles. The monoisotopic (exact) mass is 361 g/mol. The lowest BCUT2D eigenvalue weighted by molar-refractivity contribution is 0.496. The topological polar surface area (TPSA) is 96.6 Å². The molecule has 2 aliphatic rings. The van der Waals surface area contributed by atoms with Gasteiger partial charge in [0, 0.05) is 12.7 Å². The van der Waals surface area contributed by atoms with E-state index in [0.29, 0.717) is 5.92 Å². The van der Waals surface area contributed by atoms with Crippen LogP contribution in [0.1, 0.15) is 37.1 Å². The quantitative estimate of drug-likeness (QED) is 0.744. The Morgan fingerprint density at radius 1 is 1.26 bits per heavy atom. The van der Waals surface area contributed by atoms with E-state index in [1.165, 1.54) is 5.57 Å².